The molecule has 0 aromatic heterocycles. The van der Waals surface area contributed by atoms with Crippen LogP contribution < -0.4 is 5.73 Å². The second-order valence-electron chi connectivity index (χ2n) is 4.77. The van der Waals surface area contributed by atoms with Crippen molar-refractivity contribution in [3.63, 3.8) is 0 Å². The van der Waals surface area contributed by atoms with Gasteiger partial charge in [-0.15, -0.1) is 0 Å². The van der Waals surface area contributed by atoms with Gasteiger partial charge < -0.3 is 10.8 Å². The van der Waals surface area contributed by atoms with Crippen molar-refractivity contribution in [2.45, 2.75) is 31.3 Å². The highest BCUT2D eigenvalue weighted by atomic mass is 16.6. The van der Waals surface area contributed by atoms with Crippen LogP contribution in [0.1, 0.15) is 24.0 Å². The van der Waals surface area contributed by atoms with Crippen molar-refractivity contribution >= 4 is 5.69 Å². The second kappa shape index (κ2) is 4.09. The van der Waals surface area contributed by atoms with E-state index in [4.69, 9.17) is 5.73 Å². The topological polar surface area (TPSA) is 89.4 Å². The van der Waals surface area contributed by atoms with Crippen LogP contribution in [0.5, 0.6) is 0 Å². The predicted octanol–water partition coefficient (Wildman–Crippen LogP) is 1.25. The van der Waals surface area contributed by atoms with Gasteiger partial charge in [0.15, 0.2) is 0 Å². The molecule has 0 aliphatic heterocycles. The summed E-state index contributed by atoms with van der Waals surface area (Å²) in [5.41, 5.74) is 6.77. The molecule has 0 atom stereocenters. The average molecular weight is 236 g/mol. The molecule has 0 radical (unpaired) electrons. The maximum atomic E-state index is 11.1. The lowest BCUT2D eigenvalue weighted by Gasteiger charge is -2.44. The molecule has 0 saturated heterocycles. The zero-order valence-electron chi connectivity index (χ0n) is 9.72. The van der Waals surface area contributed by atoms with E-state index in [0.717, 1.165) is 0 Å². The maximum absolute atomic E-state index is 11.1. The molecule has 17 heavy (non-hydrogen) atoms. The lowest BCUT2D eigenvalue weighted by atomic mass is 9.62. The van der Waals surface area contributed by atoms with Gasteiger partial charge in [-0.2, -0.15) is 0 Å². The van der Waals surface area contributed by atoms with Gasteiger partial charge in [-0.05, 0) is 19.8 Å². The largest absolute Gasteiger partial charge is 0.393 e. The van der Waals surface area contributed by atoms with Crippen LogP contribution in [0.15, 0.2) is 18.2 Å². The highest BCUT2D eigenvalue weighted by Gasteiger charge is 2.47. The van der Waals surface area contributed by atoms with E-state index in [1.54, 1.807) is 25.1 Å². The molecule has 1 saturated carbocycles. The average Bonchev–Trinajstić information content (AvgIpc) is 2.23. The number of nitrogens with zero attached hydrogens (tertiary/aromatic N) is 1. The molecule has 1 aromatic rings. The first-order valence-electron chi connectivity index (χ1n) is 5.63. The molecule has 0 amide bonds. The highest BCUT2D eigenvalue weighted by molar-refractivity contribution is 5.52. The van der Waals surface area contributed by atoms with Gasteiger partial charge in [-0.1, -0.05) is 18.2 Å². The molecule has 3 N–H and O–H groups in total. The molecule has 1 aromatic carbocycles. The number of nitro benzene ring substituents is 1. The molecular weight excluding hydrogens is 220 g/mol. The Morgan fingerprint density at radius 2 is 2.24 bits per heavy atom. The third-order valence-corrected chi connectivity index (χ3v) is 3.64. The quantitative estimate of drug-likeness (QED) is 0.610. The Hall–Kier alpha value is -1.46. The summed E-state index contributed by atoms with van der Waals surface area (Å²) < 4.78 is 0. The fourth-order valence-electron chi connectivity index (χ4n) is 2.67. The van der Waals surface area contributed by atoms with Gasteiger partial charge in [0.2, 0.25) is 0 Å². The van der Waals surface area contributed by atoms with Crippen molar-refractivity contribution in [3.05, 3.63) is 39.4 Å². The van der Waals surface area contributed by atoms with Crippen molar-refractivity contribution in [2.75, 3.05) is 6.54 Å². The Morgan fingerprint density at radius 1 is 1.59 bits per heavy atom. The Kier molecular flexibility index (Phi) is 2.89. The Bertz CT molecular complexity index is 453. The summed E-state index contributed by atoms with van der Waals surface area (Å²) in [6.07, 6.45) is 0.625. The Labute approximate surface area is 99.4 Å². The summed E-state index contributed by atoms with van der Waals surface area (Å²) in [5, 5.41) is 20.6. The minimum absolute atomic E-state index is 0.143. The van der Waals surface area contributed by atoms with Crippen molar-refractivity contribution in [3.8, 4) is 0 Å². The Balaban J connectivity index is 2.52. The number of aliphatic hydroxyl groups excluding tert-OH is 1. The standard InChI is InChI=1S/C12H16N2O3/c1-8-3-2-4-10(11(8)14(16)17)12(7-13)5-9(15)6-12/h2-4,9,15H,5-7,13H2,1H3. The third kappa shape index (κ3) is 1.81. The summed E-state index contributed by atoms with van der Waals surface area (Å²) in [6.45, 7) is 2.05. The summed E-state index contributed by atoms with van der Waals surface area (Å²) in [4.78, 5) is 10.8. The first kappa shape index (κ1) is 12.0. The predicted molar refractivity (Wildman–Crippen MR) is 63.8 cm³/mol. The van der Waals surface area contributed by atoms with Crippen molar-refractivity contribution < 1.29 is 10.0 Å². The molecule has 1 aliphatic rings. The molecule has 0 spiro atoms. The van der Waals surface area contributed by atoms with Crippen LogP contribution in [-0.2, 0) is 5.41 Å². The minimum atomic E-state index is -0.423. The molecule has 2 rings (SSSR count). The lowest BCUT2D eigenvalue weighted by Crippen LogP contribution is -2.50. The molecule has 0 unspecified atom stereocenters. The number of hydrogen-bond donors (Lipinski definition) is 2. The molecule has 1 fully saturated rings. The summed E-state index contributed by atoms with van der Waals surface area (Å²) in [6, 6.07) is 5.28. The van der Waals surface area contributed by atoms with E-state index in [9.17, 15) is 15.2 Å². The van der Waals surface area contributed by atoms with E-state index in [1.807, 2.05) is 0 Å². The number of para-hydroxylation sites is 1. The molecule has 92 valence electrons. The van der Waals surface area contributed by atoms with Crippen LogP contribution in [0.4, 0.5) is 5.69 Å². The molecule has 5 heteroatoms. The van der Waals surface area contributed by atoms with E-state index in [-0.39, 0.29) is 10.6 Å². The lowest BCUT2D eigenvalue weighted by molar-refractivity contribution is -0.386. The van der Waals surface area contributed by atoms with E-state index in [0.29, 0.717) is 30.5 Å². The van der Waals surface area contributed by atoms with E-state index >= 15 is 0 Å². The maximum Gasteiger partial charge on any atom is 0.276 e. The number of benzene rings is 1. The molecule has 0 bridgehead atoms. The smallest absolute Gasteiger partial charge is 0.276 e. The van der Waals surface area contributed by atoms with Crippen molar-refractivity contribution in [1.29, 1.82) is 0 Å². The van der Waals surface area contributed by atoms with Crippen molar-refractivity contribution in [1.82, 2.24) is 0 Å². The fourth-order valence-corrected chi connectivity index (χ4v) is 2.67. The molecule has 5 nitrogen and oxygen atoms in total. The van der Waals surface area contributed by atoms with Gasteiger partial charge >= 0.3 is 0 Å². The normalized spacial score (nSPS) is 27.6. The zero-order chi connectivity index (χ0) is 12.6. The summed E-state index contributed by atoms with van der Waals surface area (Å²) in [5.74, 6) is 0. The Morgan fingerprint density at radius 3 is 2.71 bits per heavy atom. The number of aliphatic hydroxyl groups is 1. The highest BCUT2D eigenvalue weighted by Crippen LogP contribution is 2.47. The second-order valence-corrected chi connectivity index (χ2v) is 4.77. The number of nitrogens with two attached hydrogens (primary N) is 1. The molecule has 0 heterocycles. The van der Waals surface area contributed by atoms with Gasteiger partial charge in [-0.25, -0.2) is 0 Å². The first-order valence-corrected chi connectivity index (χ1v) is 5.63. The number of hydrogen-bond acceptors (Lipinski definition) is 4. The van der Waals surface area contributed by atoms with Crippen LogP contribution in [0.2, 0.25) is 0 Å². The van der Waals surface area contributed by atoms with E-state index in [2.05, 4.69) is 0 Å². The van der Waals surface area contributed by atoms with Crippen LogP contribution in [0, 0.1) is 17.0 Å². The van der Waals surface area contributed by atoms with Crippen LogP contribution in [-0.4, -0.2) is 22.7 Å². The molecule has 1 aliphatic carbocycles. The van der Waals surface area contributed by atoms with E-state index < -0.39 is 11.5 Å². The monoisotopic (exact) mass is 236 g/mol. The van der Waals surface area contributed by atoms with Crippen LogP contribution in [0.25, 0.3) is 0 Å². The van der Waals surface area contributed by atoms with Gasteiger partial charge in [0, 0.05) is 23.1 Å². The van der Waals surface area contributed by atoms with Gasteiger partial charge in [0.1, 0.15) is 0 Å². The van der Waals surface area contributed by atoms with Gasteiger partial charge in [-0.3, -0.25) is 10.1 Å². The van der Waals surface area contributed by atoms with Gasteiger partial charge in [0.05, 0.1) is 11.0 Å². The fraction of sp³-hybridized carbons (Fsp3) is 0.500. The summed E-state index contributed by atoms with van der Waals surface area (Å²) >= 11 is 0. The van der Waals surface area contributed by atoms with E-state index in [1.165, 1.54) is 0 Å². The van der Waals surface area contributed by atoms with Crippen LogP contribution >= 0.6 is 0 Å². The zero-order valence-corrected chi connectivity index (χ0v) is 9.72. The number of nitro groups is 1. The minimum Gasteiger partial charge on any atom is -0.393 e. The number of rotatable bonds is 3. The first-order chi connectivity index (χ1) is 8.00. The summed E-state index contributed by atoms with van der Waals surface area (Å²) in [7, 11) is 0. The number of aryl methyl sites for hydroxylation is 1. The van der Waals surface area contributed by atoms with Crippen LogP contribution in [0.3, 0.4) is 0 Å². The SMILES string of the molecule is Cc1cccc(C2(CN)CC(O)C2)c1[N+](=O)[O-]. The third-order valence-electron chi connectivity index (χ3n) is 3.64. The van der Waals surface area contributed by atoms with Gasteiger partial charge in [0.25, 0.3) is 5.69 Å². The van der Waals surface area contributed by atoms with Crippen molar-refractivity contribution in [2.24, 2.45) is 5.73 Å². The molecular formula is C12H16N2O3.